The topological polar surface area (TPSA) is 127 Å². The highest BCUT2D eigenvalue weighted by molar-refractivity contribution is 7.18. The van der Waals surface area contributed by atoms with Crippen molar-refractivity contribution in [2.75, 3.05) is 6.61 Å². The van der Waals surface area contributed by atoms with E-state index < -0.39 is 34.5 Å². The van der Waals surface area contributed by atoms with Crippen molar-refractivity contribution in [3.05, 3.63) is 90.0 Å². The van der Waals surface area contributed by atoms with Crippen molar-refractivity contribution in [1.29, 1.82) is 5.26 Å². The number of ether oxygens (including phenoxy) is 1. The summed E-state index contributed by atoms with van der Waals surface area (Å²) >= 11 is 7.47. The highest BCUT2D eigenvalue weighted by Gasteiger charge is 2.32. The van der Waals surface area contributed by atoms with Crippen LogP contribution < -0.4 is 16.0 Å². The summed E-state index contributed by atoms with van der Waals surface area (Å²) < 4.78 is 48.3. The molecule has 0 radical (unpaired) electrons. The zero-order chi connectivity index (χ0) is 30.5. The molecular weight excluding hydrogens is 597 g/mol. The van der Waals surface area contributed by atoms with Gasteiger partial charge in [0.25, 0.3) is 5.56 Å². The van der Waals surface area contributed by atoms with E-state index in [-0.39, 0.29) is 29.6 Å². The van der Waals surface area contributed by atoms with Gasteiger partial charge in [-0.1, -0.05) is 11.6 Å². The average Bonchev–Trinajstić information content (AvgIpc) is 3.36. The van der Waals surface area contributed by atoms with Crippen LogP contribution in [0.4, 0.5) is 13.2 Å². The first kappa shape index (κ1) is 28.8. The number of nitrogens with zero attached hydrogens (tertiary/aromatic N) is 4. The van der Waals surface area contributed by atoms with Crippen LogP contribution in [0.5, 0.6) is 5.75 Å². The number of hydrogen-bond donors (Lipinski definition) is 1. The Morgan fingerprint density at radius 3 is 2.60 bits per heavy atom. The summed E-state index contributed by atoms with van der Waals surface area (Å²) in [6.07, 6.45) is -4.79. The van der Waals surface area contributed by atoms with E-state index >= 15 is 0 Å². The molecule has 1 N–H and O–H groups in total. The number of rotatable bonds is 6. The number of aryl methyl sites for hydroxylation is 2. The minimum absolute atomic E-state index is 0.0510. The molecule has 0 saturated heterocycles. The second-order valence-electron chi connectivity index (χ2n) is 9.26. The molecule has 0 amide bonds. The van der Waals surface area contributed by atoms with Crippen LogP contribution in [0.3, 0.4) is 0 Å². The zero-order valence-corrected chi connectivity index (χ0v) is 23.3. The van der Waals surface area contributed by atoms with E-state index in [2.05, 4.69) is 4.98 Å². The first-order valence-corrected chi connectivity index (χ1v) is 13.4. The molecule has 3 heterocycles. The van der Waals surface area contributed by atoms with Gasteiger partial charge in [-0.25, -0.2) is 9.59 Å². The lowest BCUT2D eigenvalue weighted by atomic mass is 10.0. The third-order valence-corrected chi connectivity index (χ3v) is 7.83. The number of carboxylic acid groups (broad SMARTS) is 1. The second-order valence-corrected chi connectivity index (χ2v) is 10.6. The second kappa shape index (κ2) is 10.6. The number of fused-ring (bicyclic) bond motifs is 2. The van der Waals surface area contributed by atoms with Crippen molar-refractivity contribution < 1.29 is 27.8 Å². The summed E-state index contributed by atoms with van der Waals surface area (Å²) in [6, 6.07) is 9.40. The van der Waals surface area contributed by atoms with E-state index in [1.165, 1.54) is 23.8 Å². The van der Waals surface area contributed by atoms with E-state index in [0.717, 1.165) is 9.13 Å². The Morgan fingerprint density at radius 2 is 1.93 bits per heavy atom. The predicted octanol–water partition coefficient (Wildman–Crippen LogP) is 5.61. The SMILES string of the molecule is Cc1cc(-c2cc(Cl)ccc2OCCn2c(=O)c3c(C#N)cc(C(F)(F)F)cc3n(C)c2=O)c2scc(C(=O)O)c2n1. The molecule has 0 atom stereocenters. The van der Waals surface area contributed by atoms with Gasteiger partial charge in [-0.15, -0.1) is 11.3 Å². The maximum atomic E-state index is 13.4. The van der Waals surface area contributed by atoms with Crippen LogP contribution in [0.25, 0.3) is 32.2 Å². The minimum atomic E-state index is -4.79. The molecule has 2 aromatic carbocycles. The van der Waals surface area contributed by atoms with E-state index in [4.69, 9.17) is 16.3 Å². The number of carbonyl (C=O) groups is 1. The first-order chi connectivity index (χ1) is 19.8. The van der Waals surface area contributed by atoms with Crippen LogP contribution in [-0.4, -0.2) is 31.8 Å². The largest absolute Gasteiger partial charge is 0.491 e. The Labute approximate surface area is 243 Å². The van der Waals surface area contributed by atoms with E-state index in [9.17, 15) is 37.9 Å². The van der Waals surface area contributed by atoms with Crippen LogP contribution >= 0.6 is 22.9 Å². The Kier molecular flexibility index (Phi) is 7.30. The van der Waals surface area contributed by atoms with Gasteiger partial charge in [0.05, 0.1) is 44.4 Å². The molecule has 0 aliphatic carbocycles. The highest BCUT2D eigenvalue weighted by Crippen LogP contribution is 2.40. The number of aromatic nitrogens is 3. The molecule has 5 aromatic rings. The fourth-order valence-electron chi connectivity index (χ4n) is 4.65. The fourth-order valence-corrected chi connectivity index (χ4v) is 5.83. The van der Waals surface area contributed by atoms with Gasteiger partial charge in [-0.2, -0.15) is 18.4 Å². The van der Waals surface area contributed by atoms with Crippen LogP contribution in [0.1, 0.15) is 27.2 Å². The van der Waals surface area contributed by atoms with Crippen molar-refractivity contribution in [3.8, 4) is 22.9 Å². The smallest absolute Gasteiger partial charge is 0.416 e. The number of aromatic carboxylic acids is 1. The molecule has 9 nitrogen and oxygen atoms in total. The van der Waals surface area contributed by atoms with Gasteiger partial charge in [-0.3, -0.25) is 18.9 Å². The molecule has 214 valence electrons. The molecule has 0 bridgehead atoms. The van der Waals surface area contributed by atoms with E-state index in [0.29, 0.717) is 49.9 Å². The van der Waals surface area contributed by atoms with Crippen LogP contribution in [0.2, 0.25) is 5.02 Å². The van der Waals surface area contributed by atoms with Crippen LogP contribution in [-0.2, 0) is 19.8 Å². The molecule has 5 rings (SSSR count). The fraction of sp³-hybridized carbons (Fsp3) is 0.179. The molecule has 0 aliphatic rings. The number of halogens is 4. The van der Waals surface area contributed by atoms with Crippen molar-refractivity contribution in [3.63, 3.8) is 0 Å². The Bertz CT molecular complexity index is 2090. The molecule has 0 aliphatic heterocycles. The molecule has 42 heavy (non-hydrogen) atoms. The van der Waals surface area contributed by atoms with Gasteiger partial charge in [0.1, 0.15) is 18.4 Å². The van der Waals surface area contributed by atoms with Gasteiger partial charge in [-0.05, 0) is 43.3 Å². The summed E-state index contributed by atoms with van der Waals surface area (Å²) in [6.45, 7) is 1.21. The van der Waals surface area contributed by atoms with E-state index in [1.807, 2.05) is 0 Å². The summed E-state index contributed by atoms with van der Waals surface area (Å²) in [5.41, 5.74) is -1.75. The van der Waals surface area contributed by atoms with Gasteiger partial charge >= 0.3 is 17.8 Å². The molecule has 0 spiro atoms. The molecule has 14 heteroatoms. The van der Waals surface area contributed by atoms with Crippen LogP contribution in [0, 0.1) is 18.3 Å². The molecule has 0 unspecified atom stereocenters. The Hall–Kier alpha value is -4.67. The Balaban J connectivity index is 1.54. The van der Waals surface area contributed by atoms with Gasteiger partial charge in [0.15, 0.2) is 0 Å². The summed E-state index contributed by atoms with van der Waals surface area (Å²) in [5, 5.41) is 20.6. The molecular formula is C28H18ClF3N4O5S. The first-order valence-electron chi connectivity index (χ1n) is 12.1. The van der Waals surface area contributed by atoms with Crippen molar-refractivity contribution >= 4 is 50.0 Å². The zero-order valence-electron chi connectivity index (χ0n) is 21.7. The number of benzene rings is 2. The van der Waals surface area contributed by atoms with E-state index in [1.54, 1.807) is 37.3 Å². The molecule has 0 saturated carbocycles. The lowest BCUT2D eigenvalue weighted by Gasteiger charge is -2.16. The van der Waals surface area contributed by atoms with Gasteiger partial charge in [0.2, 0.25) is 0 Å². The third kappa shape index (κ3) is 4.99. The minimum Gasteiger partial charge on any atom is -0.491 e. The lowest BCUT2D eigenvalue weighted by molar-refractivity contribution is -0.137. The third-order valence-electron chi connectivity index (χ3n) is 6.59. The van der Waals surface area contributed by atoms with Crippen molar-refractivity contribution in [2.24, 2.45) is 7.05 Å². The van der Waals surface area contributed by atoms with Gasteiger partial charge < -0.3 is 9.84 Å². The number of pyridine rings is 1. The predicted molar refractivity (Wildman–Crippen MR) is 150 cm³/mol. The normalized spacial score (nSPS) is 11.6. The lowest BCUT2D eigenvalue weighted by Crippen LogP contribution is -2.40. The number of carboxylic acids is 1. The average molecular weight is 615 g/mol. The molecule has 0 fully saturated rings. The monoisotopic (exact) mass is 614 g/mol. The van der Waals surface area contributed by atoms with Crippen molar-refractivity contribution in [2.45, 2.75) is 19.6 Å². The number of alkyl halides is 3. The molecule has 3 aromatic heterocycles. The summed E-state index contributed by atoms with van der Waals surface area (Å²) in [4.78, 5) is 42.3. The van der Waals surface area contributed by atoms with Crippen molar-refractivity contribution in [1.82, 2.24) is 14.1 Å². The highest BCUT2D eigenvalue weighted by atomic mass is 35.5. The maximum absolute atomic E-state index is 13.4. The van der Waals surface area contributed by atoms with Gasteiger partial charge in [0, 0.05) is 34.3 Å². The van der Waals surface area contributed by atoms with Crippen LogP contribution in [0.15, 0.2) is 51.4 Å². The maximum Gasteiger partial charge on any atom is 0.416 e. The summed E-state index contributed by atoms with van der Waals surface area (Å²) in [7, 11) is 1.21. The standard InChI is InChI=1S/C28H18ClF3N4O5S/c1-13-7-18(24-23(34-13)19(12-42-24)26(38)39)17-10-16(29)3-4-21(17)41-6-5-36-25(37)22-14(11-33)8-15(28(30,31)32)9-20(22)35(2)27(36)40/h3-4,7-10,12H,5-6H2,1-2H3,(H,38,39). The summed E-state index contributed by atoms with van der Waals surface area (Å²) in [5.74, 6) is -0.806. The number of nitriles is 1. The quantitative estimate of drug-likeness (QED) is 0.263. The Morgan fingerprint density at radius 1 is 1.19 bits per heavy atom. The number of thiophene rings is 1. The number of hydrogen-bond acceptors (Lipinski definition) is 7.